The standard InChI is InChI=1S/C55H39NO/c1-55(2)50-26-9-8-22-47(50)48-25-12-24-45(53(48)55)38-28-31-41(32-29-38)56(42-19-10-17-39(34-42)36-14-4-3-5-15-36)43-20-11-18-40(35-43)44-23-13-27-51-52(44)49-33-30-37-16-6-7-21-46(37)54(49)57-51/h3-35H,1-2H3. The van der Waals surface area contributed by atoms with Gasteiger partial charge in [0.05, 0.1) is 0 Å². The predicted molar refractivity (Wildman–Crippen MR) is 240 cm³/mol. The zero-order chi connectivity index (χ0) is 38.1. The fraction of sp³-hybridized carbons (Fsp3) is 0.0545. The van der Waals surface area contributed by atoms with Gasteiger partial charge in [-0.05, 0) is 110 Å². The lowest BCUT2D eigenvalue weighted by Crippen LogP contribution is -2.16. The van der Waals surface area contributed by atoms with E-state index in [1.165, 1.54) is 49.9 Å². The van der Waals surface area contributed by atoms with Gasteiger partial charge in [-0.15, -0.1) is 0 Å². The molecular formula is C55H39NO. The van der Waals surface area contributed by atoms with Crippen LogP contribution in [0.3, 0.4) is 0 Å². The van der Waals surface area contributed by atoms with Crippen LogP contribution in [0.4, 0.5) is 17.1 Å². The summed E-state index contributed by atoms with van der Waals surface area (Å²) in [5, 5.41) is 4.58. The molecule has 0 bridgehead atoms. The summed E-state index contributed by atoms with van der Waals surface area (Å²) in [6.07, 6.45) is 0. The van der Waals surface area contributed by atoms with Gasteiger partial charge < -0.3 is 9.32 Å². The Morgan fingerprint density at radius 3 is 1.88 bits per heavy atom. The van der Waals surface area contributed by atoms with Gasteiger partial charge in [0.15, 0.2) is 0 Å². The SMILES string of the molecule is CC1(C)c2ccccc2-c2cccc(-c3ccc(N(c4cccc(-c5ccccc5)c4)c4cccc(-c5cccc6oc7c8ccccc8ccc7c56)c4)cc3)c21. The summed E-state index contributed by atoms with van der Waals surface area (Å²) in [7, 11) is 0. The smallest absolute Gasteiger partial charge is 0.143 e. The zero-order valence-electron chi connectivity index (χ0n) is 31.9. The molecule has 11 rings (SSSR count). The Morgan fingerprint density at radius 1 is 0.404 bits per heavy atom. The minimum Gasteiger partial charge on any atom is -0.455 e. The maximum absolute atomic E-state index is 6.60. The third-order valence-electron chi connectivity index (χ3n) is 12.0. The van der Waals surface area contributed by atoms with Crippen molar-refractivity contribution in [1.82, 2.24) is 0 Å². The van der Waals surface area contributed by atoms with Crippen LogP contribution < -0.4 is 4.90 Å². The van der Waals surface area contributed by atoms with Gasteiger partial charge in [-0.25, -0.2) is 0 Å². The van der Waals surface area contributed by atoms with E-state index >= 15 is 0 Å². The molecule has 10 aromatic rings. The Kier molecular flexibility index (Phi) is 7.55. The normalized spacial score (nSPS) is 12.9. The Hall–Kier alpha value is -7.16. The number of benzene rings is 9. The average Bonchev–Trinajstić information content (AvgIpc) is 3.77. The highest BCUT2D eigenvalue weighted by molar-refractivity contribution is 6.19. The molecule has 0 spiro atoms. The summed E-state index contributed by atoms with van der Waals surface area (Å²) in [6, 6.07) is 72.5. The molecule has 1 aliphatic carbocycles. The van der Waals surface area contributed by atoms with Crippen LogP contribution in [0.2, 0.25) is 0 Å². The van der Waals surface area contributed by atoms with E-state index in [0.29, 0.717) is 0 Å². The quantitative estimate of drug-likeness (QED) is 0.169. The highest BCUT2D eigenvalue weighted by atomic mass is 16.3. The van der Waals surface area contributed by atoms with Crippen LogP contribution in [-0.4, -0.2) is 0 Å². The first-order valence-electron chi connectivity index (χ1n) is 19.8. The van der Waals surface area contributed by atoms with Gasteiger partial charge in [-0.1, -0.05) is 166 Å². The number of furan rings is 1. The summed E-state index contributed by atoms with van der Waals surface area (Å²) in [5.74, 6) is 0. The van der Waals surface area contributed by atoms with Crippen LogP contribution in [0.15, 0.2) is 205 Å². The van der Waals surface area contributed by atoms with E-state index in [1.54, 1.807) is 0 Å². The van der Waals surface area contributed by atoms with Crippen molar-refractivity contribution in [3.8, 4) is 44.5 Å². The molecule has 2 nitrogen and oxygen atoms in total. The maximum atomic E-state index is 6.60. The van der Waals surface area contributed by atoms with Gasteiger partial charge >= 0.3 is 0 Å². The molecular weight excluding hydrogens is 691 g/mol. The minimum atomic E-state index is -0.0954. The van der Waals surface area contributed by atoms with Crippen LogP contribution in [0.5, 0.6) is 0 Å². The van der Waals surface area contributed by atoms with Crippen molar-refractivity contribution in [1.29, 1.82) is 0 Å². The fourth-order valence-corrected chi connectivity index (χ4v) is 9.39. The third-order valence-corrected chi connectivity index (χ3v) is 12.0. The number of hydrogen-bond acceptors (Lipinski definition) is 2. The van der Waals surface area contributed by atoms with Crippen LogP contribution in [0.25, 0.3) is 77.2 Å². The lowest BCUT2D eigenvalue weighted by molar-refractivity contribution is 0.662. The molecule has 0 unspecified atom stereocenters. The molecule has 57 heavy (non-hydrogen) atoms. The molecule has 0 radical (unpaired) electrons. The van der Waals surface area contributed by atoms with Gasteiger partial charge in [0, 0.05) is 38.6 Å². The highest BCUT2D eigenvalue weighted by Crippen LogP contribution is 2.52. The molecule has 0 saturated carbocycles. The number of rotatable bonds is 6. The van der Waals surface area contributed by atoms with Crippen molar-refractivity contribution in [3.05, 3.63) is 211 Å². The zero-order valence-corrected chi connectivity index (χ0v) is 31.9. The summed E-state index contributed by atoms with van der Waals surface area (Å²) >= 11 is 0. The number of hydrogen-bond donors (Lipinski definition) is 0. The molecule has 9 aromatic carbocycles. The molecule has 0 atom stereocenters. The van der Waals surface area contributed by atoms with Crippen LogP contribution in [-0.2, 0) is 5.41 Å². The van der Waals surface area contributed by atoms with E-state index in [-0.39, 0.29) is 5.41 Å². The van der Waals surface area contributed by atoms with Crippen LogP contribution in [0.1, 0.15) is 25.0 Å². The molecule has 270 valence electrons. The molecule has 2 heteroatoms. The summed E-state index contributed by atoms with van der Waals surface area (Å²) in [5.41, 5.74) is 17.6. The van der Waals surface area contributed by atoms with Crippen molar-refractivity contribution in [2.45, 2.75) is 19.3 Å². The monoisotopic (exact) mass is 729 g/mol. The first kappa shape index (κ1) is 33.2. The number of nitrogens with zero attached hydrogens (tertiary/aromatic N) is 1. The molecule has 0 aliphatic heterocycles. The average molecular weight is 730 g/mol. The van der Waals surface area contributed by atoms with E-state index in [0.717, 1.165) is 55.5 Å². The van der Waals surface area contributed by atoms with Gasteiger partial charge in [-0.3, -0.25) is 0 Å². The lowest BCUT2D eigenvalue weighted by atomic mass is 9.79. The van der Waals surface area contributed by atoms with Gasteiger partial charge in [0.2, 0.25) is 0 Å². The van der Waals surface area contributed by atoms with E-state index < -0.39 is 0 Å². The molecule has 0 saturated heterocycles. The maximum Gasteiger partial charge on any atom is 0.143 e. The van der Waals surface area contributed by atoms with Crippen molar-refractivity contribution < 1.29 is 4.42 Å². The molecule has 1 aliphatic rings. The van der Waals surface area contributed by atoms with Crippen molar-refractivity contribution in [2.24, 2.45) is 0 Å². The van der Waals surface area contributed by atoms with E-state index in [4.69, 9.17) is 4.42 Å². The molecule has 0 N–H and O–H groups in total. The van der Waals surface area contributed by atoms with E-state index in [1.807, 2.05) is 0 Å². The first-order chi connectivity index (χ1) is 28.0. The summed E-state index contributed by atoms with van der Waals surface area (Å²) < 4.78 is 6.60. The van der Waals surface area contributed by atoms with Crippen molar-refractivity contribution in [2.75, 3.05) is 4.90 Å². The third kappa shape index (κ3) is 5.33. The molecule has 0 amide bonds. The van der Waals surface area contributed by atoms with Gasteiger partial charge in [-0.2, -0.15) is 0 Å². The van der Waals surface area contributed by atoms with Crippen molar-refractivity contribution in [3.63, 3.8) is 0 Å². The van der Waals surface area contributed by atoms with Crippen LogP contribution >= 0.6 is 0 Å². The molecule has 1 heterocycles. The van der Waals surface area contributed by atoms with E-state index in [9.17, 15) is 0 Å². The topological polar surface area (TPSA) is 16.4 Å². The van der Waals surface area contributed by atoms with Gasteiger partial charge in [0.1, 0.15) is 11.2 Å². The van der Waals surface area contributed by atoms with E-state index in [2.05, 4.69) is 219 Å². The largest absolute Gasteiger partial charge is 0.455 e. The van der Waals surface area contributed by atoms with Crippen molar-refractivity contribution >= 4 is 49.8 Å². The summed E-state index contributed by atoms with van der Waals surface area (Å²) in [6.45, 7) is 4.72. The second-order valence-electron chi connectivity index (χ2n) is 15.7. The Bertz CT molecular complexity index is 3150. The second-order valence-corrected chi connectivity index (χ2v) is 15.7. The second kappa shape index (κ2) is 13.0. The Balaban J connectivity index is 1.06. The minimum absolute atomic E-state index is 0.0954. The fourth-order valence-electron chi connectivity index (χ4n) is 9.39. The Morgan fingerprint density at radius 2 is 1.04 bits per heavy atom. The number of anilines is 3. The highest BCUT2D eigenvalue weighted by Gasteiger charge is 2.37. The first-order valence-corrected chi connectivity index (χ1v) is 19.8. The lowest BCUT2D eigenvalue weighted by Gasteiger charge is -2.27. The van der Waals surface area contributed by atoms with Crippen LogP contribution in [0, 0.1) is 0 Å². The molecule has 0 fully saturated rings. The molecule has 1 aromatic heterocycles. The van der Waals surface area contributed by atoms with Gasteiger partial charge in [0.25, 0.3) is 0 Å². The summed E-state index contributed by atoms with van der Waals surface area (Å²) in [4.78, 5) is 2.38. The predicted octanol–water partition coefficient (Wildman–Crippen LogP) is 15.5. The number of fused-ring (bicyclic) bond motifs is 8. The Labute approximate surface area is 332 Å².